The average molecular weight is 306 g/mol. The van der Waals surface area contributed by atoms with Crippen LogP contribution < -0.4 is 5.32 Å². The summed E-state index contributed by atoms with van der Waals surface area (Å²) in [5.74, 6) is 0.438. The summed E-state index contributed by atoms with van der Waals surface area (Å²) in [6, 6.07) is 11.7. The van der Waals surface area contributed by atoms with E-state index in [9.17, 15) is 4.79 Å². The molecule has 0 fully saturated rings. The molecule has 0 aliphatic rings. The van der Waals surface area contributed by atoms with Crippen LogP contribution in [0.15, 0.2) is 40.9 Å². The Hall–Kier alpha value is -1.35. The monoisotopic (exact) mass is 305 g/mol. The molecule has 0 spiro atoms. The SMILES string of the molecule is CC(C)CNC(=O)c1cccc2cccc(Br)c12. The van der Waals surface area contributed by atoms with Crippen LogP contribution >= 0.6 is 15.9 Å². The molecule has 0 aliphatic heterocycles. The number of carbonyl (C=O) groups is 1. The van der Waals surface area contributed by atoms with E-state index < -0.39 is 0 Å². The van der Waals surface area contributed by atoms with Gasteiger partial charge in [-0.15, -0.1) is 0 Å². The van der Waals surface area contributed by atoms with Crippen LogP contribution in [0.1, 0.15) is 24.2 Å². The maximum absolute atomic E-state index is 12.2. The molecule has 0 saturated carbocycles. The first kappa shape index (κ1) is 13.1. The van der Waals surface area contributed by atoms with E-state index in [-0.39, 0.29) is 5.91 Å². The van der Waals surface area contributed by atoms with E-state index in [4.69, 9.17) is 0 Å². The summed E-state index contributed by atoms with van der Waals surface area (Å²) < 4.78 is 0.954. The zero-order valence-corrected chi connectivity index (χ0v) is 12.1. The van der Waals surface area contributed by atoms with Crippen molar-refractivity contribution in [1.29, 1.82) is 0 Å². The molecule has 2 nitrogen and oxygen atoms in total. The molecule has 0 aliphatic carbocycles. The highest BCUT2D eigenvalue weighted by molar-refractivity contribution is 9.10. The van der Waals surface area contributed by atoms with Crippen LogP contribution in [0.5, 0.6) is 0 Å². The Kier molecular flexibility index (Phi) is 4.02. The Balaban J connectivity index is 2.41. The van der Waals surface area contributed by atoms with Crippen molar-refractivity contribution in [2.75, 3.05) is 6.54 Å². The van der Waals surface area contributed by atoms with Gasteiger partial charge in [-0.05, 0) is 23.4 Å². The molecule has 3 heteroatoms. The van der Waals surface area contributed by atoms with E-state index >= 15 is 0 Å². The third-order valence-electron chi connectivity index (χ3n) is 2.77. The van der Waals surface area contributed by atoms with Crippen molar-refractivity contribution >= 4 is 32.6 Å². The summed E-state index contributed by atoms with van der Waals surface area (Å²) in [7, 11) is 0. The lowest BCUT2D eigenvalue weighted by molar-refractivity contribution is 0.0950. The molecule has 0 heterocycles. The van der Waals surface area contributed by atoms with E-state index in [0.29, 0.717) is 12.5 Å². The van der Waals surface area contributed by atoms with Gasteiger partial charge in [-0.25, -0.2) is 0 Å². The molecular weight excluding hydrogens is 290 g/mol. The zero-order chi connectivity index (χ0) is 13.1. The predicted octanol–water partition coefficient (Wildman–Crippen LogP) is 3.99. The quantitative estimate of drug-likeness (QED) is 0.913. The number of fused-ring (bicyclic) bond motifs is 1. The van der Waals surface area contributed by atoms with E-state index in [1.807, 2.05) is 36.4 Å². The molecule has 0 atom stereocenters. The first-order valence-corrected chi connectivity index (χ1v) is 6.84. The molecule has 1 N–H and O–H groups in total. The highest BCUT2D eigenvalue weighted by Crippen LogP contribution is 2.27. The minimum atomic E-state index is -0.0128. The van der Waals surface area contributed by atoms with Crippen molar-refractivity contribution < 1.29 is 4.79 Å². The molecule has 0 radical (unpaired) electrons. The van der Waals surface area contributed by atoms with Crippen molar-refractivity contribution in [2.45, 2.75) is 13.8 Å². The predicted molar refractivity (Wildman–Crippen MR) is 78.8 cm³/mol. The summed E-state index contributed by atoms with van der Waals surface area (Å²) in [5, 5.41) is 5.00. The fourth-order valence-corrected chi connectivity index (χ4v) is 2.47. The third kappa shape index (κ3) is 2.72. The van der Waals surface area contributed by atoms with Gasteiger partial charge in [0, 0.05) is 22.0 Å². The van der Waals surface area contributed by atoms with E-state index in [0.717, 1.165) is 20.8 Å². The molecule has 2 aromatic carbocycles. The number of hydrogen-bond acceptors (Lipinski definition) is 1. The summed E-state index contributed by atoms with van der Waals surface area (Å²) in [5.41, 5.74) is 0.723. The number of amides is 1. The van der Waals surface area contributed by atoms with Crippen molar-refractivity contribution in [3.63, 3.8) is 0 Å². The smallest absolute Gasteiger partial charge is 0.251 e. The topological polar surface area (TPSA) is 29.1 Å². The first-order valence-electron chi connectivity index (χ1n) is 6.05. The standard InChI is InChI=1S/C15H16BrNO/c1-10(2)9-17-15(18)12-7-3-5-11-6-4-8-13(16)14(11)12/h3-8,10H,9H2,1-2H3,(H,17,18). The fraction of sp³-hybridized carbons (Fsp3) is 0.267. The van der Waals surface area contributed by atoms with Crippen LogP contribution in [-0.4, -0.2) is 12.5 Å². The number of rotatable bonds is 3. The summed E-state index contributed by atoms with van der Waals surface area (Å²) >= 11 is 3.52. The Morgan fingerprint density at radius 1 is 1.22 bits per heavy atom. The number of benzene rings is 2. The van der Waals surface area contributed by atoms with E-state index in [1.54, 1.807) is 0 Å². The van der Waals surface area contributed by atoms with Gasteiger partial charge < -0.3 is 5.32 Å². The van der Waals surface area contributed by atoms with Crippen LogP contribution in [0.2, 0.25) is 0 Å². The van der Waals surface area contributed by atoms with Crippen LogP contribution in [-0.2, 0) is 0 Å². The minimum absolute atomic E-state index is 0.0128. The zero-order valence-electron chi connectivity index (χ0n) is 10.5. The second-order valence-corrected chi connectivity index (χ2v) is 5.60. The van der Waals surface area contributed by atoms with Gasteiger partial charge in [0.05, 0.1) is 0 Å². The minimum Gasteiger partial charge on any atom is -0.352 e. The summed E-state index contributed by atoms with van der Waals surface area (Å²) in [6.07, 6.45) is 0. The number of carbonyl (C=O) groups excluding carboxylic acids is 1. The maximum atomic E-state index is 12.2. The molecule has 0 saturated heterocycles. The van der Waals surface area contributed by atoms with E-state index in [2.05, 4.69) is 35.1 Å². The highest BCUT2D eigenvalue weighted by atomic mass is 79.9. The molecule has 94 valence electrons. The summed E-state index contributed by atoms with van der Waals surface area (Å²) in [4.78, 5) is 12.2. The molecule has 1 amide bonds. The third-order valence-corrected chi connectivity index (χ3v) is 3.43. The lowest BCUT2D eigenvalue weighted by atomic mass is 10.0. The second kappa shape index (κ2) is 5.53. The van der Waals surface area contributed by atoms with Gasteiger partial charge in [-0.2, -0.15) is 0 Å². The molecule has 0 unspecified atom stereocenters. The number of halogens is 1. The Bertz CT molecular complexity index is 572. The Morgan fingerprint density at radius 2 is 1.89 bits per heavy atom. The fourth-order valence-electron chi connectivity index (χ4n) is 1.88. The second-order valence-electron chi connectivity index (χ2n) is 4.75. The van der Waals surface area contributed by atoms with Gasteiger partial charge in [0.15, 0.2) is 0 Å². The molecule has 2 rings (SSSR count). The van der Waals surface area contributed by atoms with Gasteiger partial charge in [0.1, 0.15) is 0 Å². The number of nitrogens with one attached hydrogen (secondary N) is 1. The lowest BCUT2D eigenvalue weighted by Gasteiger charge is -2.10. The van der Waals surface area contributed by atoms with Crippen molar-refractivity contribution in [3.8, 4) is 0 Å². The normalized spacial score (nSPS) is 10.9. The maximum Gasteiger partial charge on any atom is 0.251 e. The average Bonchev–Trinajstić information content (AvgIpc) is 2.35. The lowest BCUT2D eigenvalue weighted by Crippen LogP contribution is -2.27. The van der Waals surface area contributed by atoms with Crippen LogP contribution in [0.25, 0.3) is 10.8 Å². The molecule has 0 bridgehead atoms. The molecule has 2 aromatic rings. The Morgan fingerprint density at radius 3 is 2.56 bits per heavy atom. The largest absolute Gasteiger partial charge is 0.352 e. The first-order chi connectivity index (χ1) is 8.59. The molecular formula is C15H16BrNO. The Labute approximate surface area is 116 Å². The summed E-state index contributed by atoms with van der Waals surface area (Å²) in [6.45, 7) is 4.86. The molecule has 0 aromatic heterocycles. The van der Waals surface area contributed by atoms with Gasteiger partial charge in [-0.1, -0.05) is 54.0 Å². The van der Waals surface area contributed by atoms with Crippen molar-refractivity contribution in [3.05, 3.63) is 46.4 Å². The van der Waals surface area contributed by atoms with Crippen LogP contribution in [0.3, 0.4) is 0 Å². The highest BCUT2D eigenvalue weighted by Gasteiger charge is 2.11. The van der Waals surface area contributed by atoms with E-state index in [1.165, 1.54) is 0 Å². The van der Waals surface area contributed by atoms with Gasteiger partial charge >= 0.3 is 0 Å². The van der Waals surface area contributed by atoms with Crippen LogP contribution in [0, 0.1) is 5.92 Å². The molecule has 18 heavy (non-hydrogen) atoms. The van der Waals surface area contributed by atoms with Crippen molar-refractivity contribution in [1.82, 2.24) is 5.32 Å². The number of hydrogen-bond donors (Lipinski definition) is 1. The van der Waals surface area contributed by atoms with Crippen molar-refractivity contribution in [2.24, 2.45) is 5.92 Å². The van der Waals surface area contributed by atoms with Gasteiger partial charge in [0.2, 0.25) is 0 Å². The van der Waals surface area contributed by atoms with Gasteiger partial charge in [0.25, 0.3) is 5.91 Å². The van der Waals surface area contributed by atoms with Crippen LogP contribution in [0.4, 0.5) is 0 Å². The van der Waals surface area contributed by atoms with Gasteiger partial charge in [-0.3, -0.25) is 4.79 Å².